The first kappa shape index (κ1) is 19.3. The van der Waals surface area contributed by atoms with Gasteiger partial charge in [-0.2, -0.15) is 0 Å². The van der Waals surface area contributed by atoms with E-state index >= 15 is 0 Å². The van der Waals surface area contributed by atoms with Gasteiger partial charge in [0.2, 0.25) is 0 Å². The van der Waals surface area contributed by atoms with Crippen molar-refractivity contribution in [2.45, 2.75) is 37.2 Å². The summed E-state index contributed by atoms with van der Waals surface area (Å²) in [4.78, 5) is 10.7. The summed E-state index contributed by atoms with van der Waals surface area (Å²) < 4.78 is 36.2. The van der Waals surface area contributed by atoms with Crippen molar-refractivity contribution in [2.75, 3.05) is 12.9 Å². The first-order chi connectivity index (χ1) is 12.7. The van der Waals surface area contributed by atoms with Gasteiger partial charge in [0.1, 0.15) is 11.5 Å². The molecule has 0 radical (unpaired) electrons. The minimum Gasteiger partial charge on any atom is -0.457 e. The van der Waals surface area contributed by atoms with Crippen LogP contribution < -0.4 is 4.74 Å². The van der Waals surface area contributed by atoms with E-state index in [1.54, 1.807) is 26.0 Å². The quantitative estimate of drug-likeness (QED) is 0.524. The zero-order valence-electron chi connectivity index (χ0n) is 15.4. The fourth-order valence-electron chi connectivity index (χ4n) is 3.00. The smallest absolute Gasteiger partial charge is 0.270 e. The van der Waals surface area contributed by atoms with Crippen LogP contribution in [0.1, 0.15) is 24.0 Å². The summed E-state index contributed by atoms with van der Waals surface area (Å²) >= 11 is 0. The fraction of sp³-hybridized carbons (Fsp3) is 0.368. The largest absolute Gasteiger partial charge is 0.457 e. The van der Waals surface area contributed by atoms with E-state index in [1.807, 2.05) is 0 Å². The molecule has 7 nitrogen and oxygen atoms in total. The number of hydrogen-bond donors (Lipinski definition) is 0. The minimum absolute atomic E-state index is 0.00550. The number of non-ortho nitro benzene ring substituents is 1. The molecule has 0 bridgehead atoms. The third-order valence-electron chi connectivity index (χ3n) is 4.75. The monoisotopic (exact) mass is 391 g/mol. The highest BCUT2D eigenvalue weighted by Crippen LogP contribution is 2.41. The number of hydrogen-bond acceptors (Lipinski definition) is 6. The molecule has 1 aliphatic carbocycles. The van der Waals surface area contributed by atoms with E-state index in [2.05, 4.69) is 0 Å². The van der Waals surface area contributed by atoms with Crippen LogP contribution in [0.2, 0.25) is 0 Å². The Kier molecular flexibility index (Phi) is 4.96. The van der Waals surface area contributed by atoms with Crippen LogP contribution in [0.25, 0.3) is 0 Å². The molecule has 144 valence electrons. The number of nitrogens with zero attached hydrogens (tertiary/aromatic N) is 1. The molecule has 0 unspecified atom stereocenters. The molecule has 0 N–H and O–H groups in total. The molecule has 27 heavy (non-hydrogen) atoms. The second-order valence-electron chi connectivity index (χ2n) is 6.89. The van der Waals surface area contributed by atoms with Gasteiger partial charge in [0.05, 0.1) is 21.2 Å². The Balaban J connectivity index is 1.80. The first-order valence-corrected chi connectivity index (χ1v) is 10.1. The van der Waals surface area contributed by atoms with Crippen molar-refractivity contribution in [1.82, 2.24) is 0 Å². The minimum atomic E-state index is -3.44. The summed E-state index contributed by atoms with van der Waals surface area (Å²) in [6, 6.07) is 9.07. The van der Waals surface area contributed by atoms with Gasteiger partial charge in [-0.1, -0.05) is 0 Å². The number of nitro groups is 1. The second kappa shape index (κ2) is 6.94. The zero-order valence-corrected chi connectivity index (χ0v) is 16.2. The maximum Gasteiger partial charge on any atom is 0.270 e. The van der Waals surface area contributed by atoms with Gasteiger partial charge in [-0.05, 0) is 62.1 Å². The Morgan fingerprint density at radius 2 is 1.67 bits per heavy atom. The average Bonchev–Trinajstić information content (AvgIpc) is 3.37. The van der Waals surface area contributed by atoms with Crippen molar-refractivity contribution in [2.24, 2.45) is 0 Å². The lowest BCUT2D eigenvalue weighted by Crippen LogP contribution is -2.24. The van der Waals surface area contributed by atoms with E-state index in [4.69, 9.17) is 9.47 Å². The van der Waals surface area contributed by atoms with Crippen LogP contribution in [0.4, 0.5) is 5.69 Å². The standard InChI is InChI=1S/C19H21NO6S/c1-13-10-15(20(21)22)11-14(2)18(13)26-16-4-6-17(7-5-16)27(23,24)12-19(25-3)8-9-19/h4-7,10-11H,8-9,12H2,1-3H3. The summed E-state index contributed by atoms with van der Waals surface area (Å²) in [7, 11) is -1.91. The predicted octanol–water partition coefficient (Wildman–Crippen LogP) is 3.96. The number of methoxy groups -OCH3 is 1. The second-order valence-corrected chi connectivity index (χ2v) is 8.88. The van der Waals surface area contributed by atoms with E-state index in [0.717, 1.165) is 12.8 Å². The molecule has 1 fully saturated rings. The Morgan fingerprint density at radius 3 is 2.11 bits per heavy atom. The Bertz CT molecular complexity index is 955. The molecule has 2 aromatic rings. The van der Waals surface area contributed by atoms with E-state index < -0.39 is 20.4 Å². The number of ether oxygens (including phenoxy) is 2. The normalized spacial score (nSPS) is 15.4. The van der Waals surface area contributed by atoms with Crippen molar-refractivity contribution in [3.63, 3.8) is 0 Å². The molecule has 0 saturated heterocycles. The van der Waals surface area contributed by atoms with Gasteiger partial charge in [0.25, 0.3) is 5.69 Å². The number of aryl methyl sites for hydroxylation is 2. The zero-order chi connectivity index (χ0) is 19.8. The van der Waals surface area contributed by atoms with Crippen LogP contribution in [0.3, 0.4) is 0 Å². The molecule has 3 rings (SSSR count). The topological polar surface area (TPSA) is 95.7 Å². The summed E-state index contributed by atoms with van der Waals surface area (Å²) in [6.07, 6.45) is 1.51. The van der Waals surface area contributed by atoms with Crippen molar-refractivity contribution in [3.8, 4) is 11.5 Å². The van der Waals surface area contributed by atoms with E-state index in [9.17, 15) is 18.5 Å². The van der Waals surface area contributed by atoms with Crippen LogP contribution in [-0.4, -0.2) is 31.8 Å². The molecule has 0 spiro atoms. The van der Waals surface area contributed by atoms with Crippen LogP contribution in [0.5, 0.6) is 11.5 Å². The molecule has 2 aromatic carbocycles. The predicted molar refractivity (Wildman–Crippen MR) is 100 cm³/mol. The average molecular weight is 391 g/mol. The van der Waals surface area contributed by atoms with Gasteiger partial charge >= 0.3 is 0 Å². The maximum atomic E-state index is 12.5. The molecule has 1 aliphatic rings. The van der Waals surface area contributed by atoms with E-state index in [1.165, 1.54) is 31.4 Å². The van der Waals surface area contributed by atoms with E-state index in [-0.39, 0.29) is 16.3 Å². The highest BCUT2D eigenvalue weighted by atomic mass is 32.2. The van der Waals surface area contributed by atoms with Crippen LogP contribution in [0.15, 0.2) is 41.3 Å². The summed E-state index contributed by atoms with van der Waals surface area (Å²) in [6.45, 7) is 3.46. The number of benzene rings is 2. The number of rotatable bonds is 7. The lowest BCUT2D eigenvalue weighted by Gasteiger charge is -2.14. The molecular weight excluding hydrogens is 370 g/mol. The summed E-state index contributed by atoms with van der Waals surface area (Å²) in [5.41, 5.74) is 0.732. The van der Waals surface area contributed by atoms with Crippen LogP contribution in [0, 0.1) is 24.0 Å². The fourth-order valence-corrected chi connectivity index (χ4v) is 4.82. The van der Waals surface area contributed by atoms with Crippen molar-refractivity contribution in [1.29, 1.82) is 0 Å². The maximum absolute atomic E-state index is 12.5. The SMILES string of the molecule is COC1(CS(=O)(=O)c2ccc(Oc3c(C)cc([N+](=O)[O-])cc3C)cc2)CC1. The molecule has 0 atom stereocenters. The van der Waals surface area contributed by atoms with Crippen molar-refractivity contribution in [3.05, 3.63) is 57.6 Å². The first-order valence-electron chi connectivity index (χ1n) is 8.47. The highest BCUT2D eigenvalue weighted by molar-refractivity contribution is 7.91. The lowest BCUT2D eigenvalue weighted by atomic mass is 10.1. The van der Waals surface area contributed by atoms with Gasteiger partial charge in [-0.25, -0.2) is 8.42 Å². The molecule has 8 heteroatoms. The highest BCUT2D eigenvalue weighted by Gasteiger charge is 2.47. The van der Waals surface area contributed by atoms with Gasteiger partial charge < -0.3 is 9.47 Å². The Labute approximate surface area is 158 Å². The molecular formula is C19H21NO6S. The third-order valence-corrected chi connectivity index (χ3v) is 6.65. The summed E-state index contributed by atoms with van der Waals surface area (Å²) in [5.74, 6) is 0.950. The van der Waals surface area contributed by atoms with Crippen molar-refractivity contribution < 1.29 is 22.8 Å². The lowest BCUT2D eigenvalue weighted by molar-refractivity contribution is -0.385. The molecule has 1 saturated carbocycles. The number of nitro benzene ring substituents is 1. The van der Waals surface area contributed by atoms with Gasteiger partial charge in [-0.3, -0.25) is 10.1 Å². The van der Waals surface area contributed by atoms with Gasteiger partial charge in [0, 0.05) is 19.2 Å². The summed E-state index contributed by atoms with van der Waals surface area (Å²) in [5, 5.41) is 10.9. The molecule has 0 aliphatic heterocycles. The van der Waals surface area contributed by atoms with Crippen molar-refractivity contribution >= 4 is 15.5 Å². The van der Waals surface area contributed by atoms with E-state index in [0.29, 0.717) is 22.6 Å². The Morgan fingerprint density at radius 1 is 1.11 bits per heavy atom. The van der Waals surface area contributed by atoms with Crippen LogP contribution >= 0.6 is 0 Å². The molecule has 0 heterocycles. The third kappa shape index (κ3) is 4.12. The Hall–Kier alpha value is -2.45. The van der Waals surface area contributed by atoms with Crippen LogP contribution in [-0.2, 0) is 14.6 Å². The van der Waals surface area contributed by atoms with Gasteiger partial charge in [0.15, 0.2) is 9.84 Å². The molecule has 0 aromatic heterocycles. The number of sulfone groups is 1. The van der Waals surface area contributed by atoms with Gasteiger partial charge in [-0.15, -0.1) is 0 Å². The molecule has 0 amide bonds.